The topological polar surface area (TPSA) is 169 Å². The third-order valence-corrected chi connectivity index (χ3v) is 11.8. The van der Waals surface area contributed by atoms with E-state index >= 15 is 0 Å². The monoisotopic (exact) mass is 910 g/mol. The molecule has 4 N–H and O–H groups in total. The van der Waals surface area contributed by atoms with Gasteiger partial charge in [0.2, 0.25) is 5.91 Å². The maximum Gasteiger partial charge on any atom is 0.472 e. The second kappa shape index (κ2) is 46.0. The fourth-order valence-corrected chi connectivity index (χ4v) is 7.72. The number of carbonyl (C=O) groups excluding carboxylic acids is 2. The zero-order chi connectivity index (χ0) is 46.3. The number of allylic oxidation sites excluding steroid dienone is 8. The molecule has 1 amide bonds. The molecule has 0 spiro atoms. The van der Waals surface area contributed by atoms with E-state index in [1.54, 1.807) is 0 Å². The maximum atomic E-state index is 12.3. The Kier molecular flexibility index (Phi) is 44.1. The van der Waals surface area contributed by atoms with Gasteiger partial charge >= 0.3 is 19.8 Å². The molecule has 0 rings (SSSR count). The van der Waals surface area contributed by atoms with Gasteiger partial charge in [0.25, 0.3) is 0 Å². The molecule has 366 valence electrons. The summed E-state index contributed by atoms with van der Waals surface area (Å²) in [5.74, 6) is -2.38. The lowest BCUT2D eigenvalue weighted by atomic mass is 10.0. The largest absolute Gasteiger partial charge is 0.480 e. The lowest BCUT2D eigenvalue weighted by Crippen LogP contribution is -2.43. The van der Waals surface area contributed by atoms with E-state index in [0.717, 1.165) is 70.6 Å². The van der Waals surface area contributed by atoms with Gasteiger partial charge in [-0.25, -0.2) is 9.36 Å². The van der Waals surface area contributed by atoms with Gasteiger partial charge in [-0.05, 0) is 57.8 Å². The van der Waals surface area contributed by atoms with Crippen LogP contribution in [0.1, 0.15) is 226 Å². The summed E-state index contributed by atoms with van der Waals surface area (Å²) in [6.45, 7) is 2.58. The van der Waals surface area contributed by atoms with Crippen molar-refractivity contribution in [2.75, 3.05) is 19.8 Å². The van der Waals surface area contributed by atoms with E-state index in [0.29, 0.717) is 12.8 Å². The summed E-state index contributed by atoms with van der Waals surface area (Å²) in [4.78, 5) is 46.1. The number of unbranched alkanes of at least 4 members (excludes halogenated alkanes) is 25. The van der Waals surface area contributed by atoms with Crippen molar-refractivity contribution in [1.29, 1.82) is 0 Å². The molecule has 0 saturated heterocycles. The minimum atomic E-state index is -4.76. The van der Waals surface area contributed by atoms with Gasteiger partial charge in [-0.2, -0.15) is 0 Å². The third-order valence-electron chi connectivity index (χ3n) is 10.9. The van der Waals surface area contributed by atoms with Gasteiger partial charge in [-0.15, -0.1) is 0 Å². The summed E-state index contributed by atoms with van der Waals surface area (Å²) in [6, 6.07) is -1.55. The molecule has 0 aliphatic heterocycles. The van der Waals surface area contributed by atoms with Crippen molar-refractivity contribution in [2.45, 2.75) is 238 Å². The Labute approximate surface area is 384 Å². The van der Waals surface area contributed by atoms with Gasteiger partial charge in [-0.3, -0.25) is 18.6 Å². The summed E-state index contributed by atoms with van der Waals surface area (Å²) in [5.41, 5.74) is 0. The molecule has 0 heterocycles. The Hall–Kier alpha value is -2.56. The molecule has 0 saturated carbocycles. The number of aliphatic hydroxyl groups is 1. The fraction of sp³-hybridized carbons (Fsp3) is 0.784. The first-order valence-electron chi connectivity index (χ1n) is 25.2. The molecule has 0 aromatic heterocycles. The van der Waals surface area contributed by atoms with Gasteiger partial charge < -0.3 is 25.2 Å². The van der Waals surface area contributed by atoms with Crippen LogP contribution >= 0.6 is 7.82 Å². The van der Waals surface area contributed by atoms with Gasteiger partial charge in [0.05, 0.1) is 13.2 Å². The number of carbonyl (C=O) groups is 3. The average Bonchev–Trinajstić information content (AvgIpc) is 3.26. The number of amides is 1. The molecule has 3 atom stereocenters. The first-order chi connectivity index (χ1) is 30.6. The molecular formula is C51H92NO10P. The highest BCUT2D eigenvalue weighted by molar-refractivity contribution is 7.47. The first kappa shape index (κ1) is 60.4. The molecule has 12 heteroatoms. The highest BCUT2D eigenvalue weighted by atomic mass is 31.2. The predicted octanol–water partition coefficient (Wildman–Crippen LogP) is 13.7. The molecular weight excluding hydrogens is 818 g/mol. The van der Waals surface area contributed by atoms with Crippen LogP contribution in [-0.4, -0.2) is 64.9 Å². The number of aliphatic carboxylic acids is 1. The van der Waals surface area contributed by atoms with Crippen LogP contribution < -0.4 is 5.32 Å². The summed E-state index contributed by atoms with van der Waals surface area (Å²) >= 11 is 0. The highest BCUT2D eigenvalue weighted by Crippen LogP contribution is 2.43. The minimum absolute atomic E-state index is 0.148. The number of rotatable bonds is 47. The average molecular weight is 910 g/mol. The first-order valence-corrected chi connectivity index (χ1v) is 26.7. The van der Waals surface area contributed by atoms with Crippen LogP contribution in [0.4, 0.5) is 0 Å². The number of carboxylic acids is 1. The normalized spacial score (nSPS) is 14.0. The SMILES string of the molecule is CCCCC/C=C\C/C=C\C/C=C\C/C=C\CCCCCCCCCC(=O)OCC(O)COP(=O)(O)OCC(NC(=O)CCCCCCCCCCCCCCCCCC)C(=O)O. The van der Waals surface area contributed by atoms with Crippen molar-refractivity contribution in [2.24, 2.45) is 0 Å². The van der Waals surface area contributed by atoms with E-state index in [-0.39, 0.29) is 12.8 Å². The number of hydrogen-bond acceptors (Lipinski definition) is 8. The van der Waals surface area contributed by atoms with Crippen LogP contribution in [0.5, 0.6) is 0 Å². The van der Waals surface area contributed by atoms with Crippen molar-refractivity contribution in [3.63, 3.8) is 0 Å². The molecule has 63 heavy (non-hydrogen) atoms. The summed E-state index contributed by atoms with van der Waals surface area (Å²) in [5, 5.41) is 21.9. The molecule has 0 bridgehead atoms. The number of ether oxygens (including phenoxy) is 1. The molecule has 0 radical (unpaired) electrons. The highest BCUT2D eigenvalue weighted by Gasteiger charge is 2.28. The van der Waals surface area contributed by atoms with E-state index in [4.69, 9.17) is 13.8 Å². The van der Waals surface area contributed by atoms with Crippen LogP contribution in [-0.2, 0) is 32.7 Å². The van der Waals surface area contributed by atoms with Gasteiger partial charge in [-0.1, -0.05) is 204 Å². The summed E-state index contributed by atoms with van der Waals surface area (Å²) < 4.78 is 26.9. The third kappa shape index (κ3) is 45.8. The van der Waals surface area contributed by atoms with Crippen molar-refractivity contribution in [3.05, 3.63) is 48.6 Å². The van der Waals surface area contributed by atoms with E-state index in [1.165, 1.54) is 116 Å². The lowest BCUT2D eigenvalue weighted by molar-refractivity contribution is -0.147. The molecule has 0 aromatic rings. The van der Waals surface area contributed by atoms with Crippen LogP contribution in [0.25, 0.3) is 0 Å². The molecule has 0 aromatic carbocycles. The number of phosphoric acid groups is 1. The Balaban J connectivity index is 3.85. The minimum Gasteiger partial charge on any atom is -0.480 e. The van der Waals surface area contributed by atoms with Crippen molar-refractivity contribution < 1.29 is 47.8 Å². The van der Waals surface area contributed by atoms with Crippen molar-refractivity contribution in [3.8, 4) is 0 Å². The Morgan fingerprint density at radius 1 is 0.508 bits per heavy atom. The molecule has 0 aliphatic rings. The Morgan fingerprint density at radius 3 is 1.33 bits per heavy atom. The Bertz CT molecular complexity index is 1250. The number of hydrogen-bond donors (Lipinski definition) is 4. The predicted molar refractivity (Wildman–Crippen MR) is 259 cm³/mol. The van der Waals surface area contributed by atoms with Gasteiger partial charge in [0, 0.05) is 12.8 Å². The Morgan fingerprint density at radius 2 is 0.873 bits per heavy atom. The number of esters is 1. The van der Waals surface area contributed by atoms with Crippen LogP contribution in [0, 0.1) is 0 Å². The maximum absolute atomic E-state index is 12.3. The zero-order valence-corrected chi connectivity index (χ0v) is 40.8. The van der Waals surface area contributed by atoms with Crippen LogP contribution in [0.3, 0.4) is 0 Å². The number of carboxylic acid groups (broad SMARTS) is 1. The summed E-state index contributed by atoms with van der Waals surface area (Å²) in [6.07, 6.45) is 52.7. The second-order valence-corrected chi connectivity index (χ2v) is 18.5. The van der Waals surface area contributed by atoms with Crippen LogP contribution in [0.2, 0.25) is 0 Å². The molecule has 11 nitrogen and oxygen atoms in total. The smallest absolute Gasteiger partial charge is 0.472 e. The number of aliphatic hydroxyl groups excluding tert-OH is 1. The fourth-order valence-electron chi connectivity index (χ4n) is 6.95. The van der Waals surface area contributed by atoms with Crippen molar-refractivity contribution >= 4 is 25.7 Å². The van der Waals surface area contributed by atoms with E-state index in [2.05, 4.69) is 67.8 Å². The van der Waals surface area contributed by atoms with E-state index in [1.807, 2.05) is 0 Å². The molecule has 3 unspecified atom stereocenters. The van der Waals surface area contributed by atoms with Crippen LogP contribution in [0.15, 0.2) is 48.6 Å². The van der Waals surface area contributed by atoms with Gasteiger partial charge in [0.1, 0.15) is 12.7 Å². The van der Waals surface area contributed by atoms with Crippen molar-refractivity contribution in [1.82, 2.24) is 5.32 Å². The zero-order valence-electron chi connectivity index (χ0n) is 39.9. The van der Waals surface area contributed by atoms with Gasteiger partial charge in [0.15, 0.2) is 6.04 Å². The second-order valence-electron chi connectivity index (χ2n) is 17.0. The summed E-state index contributed by atoms with van der Waals surface area (Å²) in [7, 11) is -4.76. The van der Waals surface area contributed by atoms with E-state index in [9.17, 15) is 34.1 Å². The van der Waals surface area contributed by atoms with E-state index < -0.39 is 57.6 Å². The number of nitrogens with one attached hydrogen (secondary N) is 1. The lowest BCUT2D eigenvalue weighted by Gasteiger charge is -2.18. The number of phosphoric ester groups is 1. The molecule has 0 aliphatic carbocycles. The molecule has 0 fully saturated rings. The standard InChI is InChI=1S/C51H92NO10P/c1-3-5-7-9-11-13-15-17-19-21-22-23-24-25-26-27-29-31-33-35-37-39-41-43-50(55)60-44-47(53)45-61-63(58,59)62-46-48(51(56)57)52-49(54)42-40-38-36-34-32-30-28-20-18-16-14-12-10-8-6-4-2/h11,13,17,19,22-23,25-26,47-48,53H,3-10,12,14-16,18,20-21,24,27-46H2,1-2H3,(H,52,54)(H,56,57)(H,58,59)/b13-11-,19-17-,23-22-,26-25-. The quantitative estimate of drug-likeness (QED) is 0.0200.